The van der Waals surface area contributed by atoms with Crippen LogP contribution in [-0.4, -0.2) is 40.2 Å². The van der Waals surface area contributed by atoms with Crippen LogP contribution in [0.15, 0.2) is 29.4 Å². The van der Waals surface area contributed by atoms with Crippen molar-refractivity contribution in [1.82, 2.24) is 5.01 Å². The molecule has 0 radical (unpaired) electrons. The molecule has 0 saturated heterocycles. The quantitative estimate of drug-likeness (QED) is 0.877. The molecule has 0 aliphatic carbocycles. The first-order chi connectivity index (χ1) is 11.6. The molecule has 0 fully saturated rings. The maximum Gasteiger partial charge on any atom is 0.438 e. The highest BCUT2D eigenvalue weighted by Gasteiger charge is 2.62. The molecular weight excluding hydrogens is 337 g/mol. The number of para-hydroxylation sites is 1. The third-order valence-corrected chi connectivity index (χ3v) is 4.03. The number of rotatable bonds is 5. The van der Waals surface area contributed by atoms with Crippen LogP contribution in [0.25, 0.3) is 0 Å². The number of hydrogen-bond acceptors (Lipinski definition) is 4. The summed E-state index contributed by atoms with van der Waals surface area (Å²) in [6, 6.07) is 6.98. The van der Waals surface area contributed by atoms with Crippen LogP contribution in [0.3, 0.4) is 0 Å². The Hall–Kier alpha value is -2.09. The number of halogens is 3. The van der Waals surface area contributed by atoms with Crippen LogP contribution in [0.1, 0.15) is 45.1 Å². The molecule has 5 nitrogen and oxygen atoms in total. The predicted molar refractivity (Wildman–Crippen MR) is 86.2 cm³/mol. The average Bonchev–Trinajstić information content (AvgIpc) is 2.91. The molecule has 1 heterocycles. The Labute approximate surface area is 144 Å². The van der Waals surface area contributed by atoms with Crippen molar-refractivity contribution in [3.05, 3.63) is 29.8 Å². The van der Waals surface area contributed by atoms with Crippen molar-refractivity contribution in [3.63, 3.8) is 0 Å². The second-order valence-electron chi connectivity index (χ2n) is 6.20. The normalized spacial score (nSPS) is 20.8. The van der Waals surface area contributed by atoms with Crippen LogP contribution in [0.5, 0.6) is 5.75 Å². The van der Waals surface area contributed by atoms with Gasteiger partial charge >= 0.3 is 6.18 Å². The molecule has 138 valence electrons. The van der Waals surface area contributed by atoms with Crippen molar-refractivity contribution < 1.29 is 27.8 Å². The van der Waals surface area contributed by atoms with E-state index in [1.807, 2.05) is 26.0 Å². The summed E-state index contributed by atoms with van der Waals surface area (Å²) < 4.78 is 45.1. The highest BCUT2D eigenvalue weighted by atomic mass is 19.4. The lowest BCUT2D eigenvalue weighted by Crippen LogP contribution is -2.57. The molecule has 0 saturated carbocycles. The minimum atomic E-state index is -5.01. The van der Waals surface area contributed by atoms with Crippen molar-refractivity contribution in [1.29, 1.82) is 0 Å². The Morgan fingerprint density at radius 3 is 2.60 bits per heavy atom. The Kier molecular flexibility index (Phi) is 5.41. The fourth-order valence-corrected chi connectivity index (χ4v) is 2.59. The van der Waals surface area contributed by atoms with E-state index in [1.54, 1.807) is 19.1 Å². The van der Waals surface area contributed by atoms with Crippen molar-refractivity contribution >= 4 is 11.6 Å². The SMILES string of the molecule is CCC1=NN(C(=O)COc2ccccc2C(C)C)C(O)(C(F)(F)F)C1. The number of amides is 1. The van der Waals surface area contributed by atoms with Gasteiger partial charge in [0.2, 0.25) is 0 Å². The predicted octanol–water partition coefficient (Wildman–Crippen LogP) is 3.44. The number of benzene rings is 1. The Morgan fingerprint density at radius 1 is 1.40 bits per heavy atom. The first-order valence-corrected chi connectivity index (χ1v) is 8.00. The van der Waals surface area contributed by atoms with Gasteiger partial charge in [-0.15, -0.1) is 0 Å². The first-order valence-electron chi connectivity index (χ1n) is 8.00. The summed E-state index contributed by atoms with van der Waals surface area (Å²) in [4.78, 5) is 12.3. The van der Waals surface area contributed by atoms with Gasteiger partial charge in [-0.3, -0.25) is 4.79 Å². The van der Waals surface area contributed by atoms with E-state index in [1.165, 1.54) is 0 Å². The van der Waals surface area contributed by atoms with Gasteiger partial charge in [-0.2, -0.15) is 23.3 Å². The van der Waals surface area contributed by atoms with Gasteiger partial charge in [0.15, 0.2) is 6.61 Å². The average molecular weight is 358 g/mol. The highest BCUT2D eigenvalue weighted by Crippen LogP contribution is 2.40. The molecule has 2 rings (SSSR count). The van der Waals surface area contributed by atoms with E-state index in [2.05, 4.69) is 5.10 Å². The lowest BCUT2D eigenvalue weighted by Gasteiger charge is -2.32. The van der Waals surface area contributed by atoms with E-state index in [0.29, 0.717) is 5.75 Å². The second kappa shape index (κ2) is 7.03. The van der Waals surface area contributed by atoms with Gasteiger partial charge < -0.3 is 9.84 Å². The number of nitrogens with zero attached hydrogens (tertiary/aromatic N) is 2. The van der Waals surface area contributed by atoms with Crippen LogP contribution in [0.2, 0.25) is 0 Å². The molecule has 1 aliphatic rings. The molecule has 1 atom stereocenters. The van der Waals surface area contributed by atoms with Gasteiger partial charge in [0.25, 0.3) is 11.6 Å². The summed E-state index contributed by atoms with van der Waals surface area (Å²) in [5, 5.41) is 13.8. The maximum atomic E-state index is 13.2. The Balaban J connectivity index is 2.18. The van der Waals surface area contributed by atoms with Crippen molar-refractivity contribution in [2.75, 3.05) is 6.61 Å². The molecule has 1 aromatic carbocycles. The van der Waals surface area contributed by atoms with Gasteiger partial charge in [0.1, 0.15) is 5.75 Å². The van der Waals surface area contributed by atoms with Gasteiger partial charge in [-0.05, 0) is 24.0 Å². The summed E-state index contributed by atoms with van der Waals surface area (Å²) in [7, 11) is 0. The number of carbonyl (C=O) groups excluding carboxylic acids is 1. The van der Waals surface area contributed by atoms with Crippen LogP contribution < -0.4 is 4.74 Å². The Bertz CT molecular complexity index is 673. The van der Waals surface area contributed by atoms with Gasteiger partial charge in [0, 0.05) is 12.1 Å². The summed E-state index contributed by atoms with van der Waals surface area (Å²) in [6.07, 6.45) is -5.56. The standard InChI is InChI=1S/C17H21F3N2O3/c1-4-12-9-16(24,17(18,19)20)22(21-12)15(23)10-25-14-8-6-5-7-13(14)11(2)3/h5-8,11,24H,4,9-10H2,1-3H3. The summed E-state index contributed by atoms with van der Waals surface area (Å²) in [6.45, 7) is 4.83. The fourth-order valence-electron chi connectivity index (χ4n) is 2.59. The van der Waals surface area contributed by atoms with Crippen molar-refractivity contribution in [2.45, 2.75) is 51.4 Å². The topological polar surface area (TPSA) is 62.1 Å². The lowest BCUT2D eigenvalue weighted by molar-refractivity contribution is -0.302. The molecule has 0 spiro atoms. The third-order valence-electron chi connectivity index (χ3n) is 4.03. The van der Waals surface area contributed by atoms with E-state index < -0.39 is 30.8 Å². The van der Waals surface area contributed by atoms with E-state index in [0.717, 1.165) is 5.56 Å². The number of carbonyl (C=O) groups is 1. The maximum absolute atomic E-state index is 13.2. The van der Waals surface area contributed by atoms with E-state index in [-0.39, 0.29) is 23.1 Å². The zero-order valence-corrected chi connectivity index (χ0v) is 14.3. The first kappa shape index (κ1) is 19.2. The molecule has 0 bridgehead atoms. The van der Waals surface area contributed by atoms with E-state index >= 15 is 0 Å². The van der Waals surface area contributed by atoms with E-state index in [4.69, 9.17) is 4.74 Å². The highest BCUT2D eigenvalue weighted by molar-refractivity contribution is 5.91. The van der Waals surface area contributed by atoms with Crippen molar-refractivity contribution in [2.24, 2.45) is 5.10 Å². The van der Waals surface area contributed by atoms with Gasteiger partial charge in [-0.25, -0.2) is 0 Å². The zero-order valence-electron chi connectivity index (χ0n) is 14.3. The zero-order chi connectivity index (χ0) is 18.8. The smallest absolute Gasteiger partial charge is 0.438 e. The number of ether oxygens (including phenoxy) is 1. The third kappa shape index (κ3) is 3.78. The number of alkyl halides is 3. The second-order valence-corrected chi connectivity index (χ2v) is 6.20. The molecule has 8 heteroatoms. The minimum Gasteiger partial charge on any atom is -0.483 e. The molecule has 1 aromatic rings. The fraction of sp³-hybridized carbons (Fsp3) is 0.529. The summed E-state index contributed by atoms with van der Waals surface area (Å²) >= 11 is 0. The molecule has 1 amide bonds. The molecule has 25 heavy (non-hydrogen) atoms. The molecule has 1 N–H and O–H groups in total. The summed E-state index contributed by atoms with van der Waals surface area (Å²) in [5.41, 5.74) is -2.38. The Morgan fingerprint density at radius 2 is 2.04 bits per heavy atom. The van der Waals surface area contributed by atoms with Crippen LogP contribution in [0, 0.1) is 0 Å². The molecular formula is C17H21F3N2O3. The minimum absolute atomic E-state index is 0.101. The van der Waals surface area contributed by atoms with Crippen LogP contribution >= 0.6 is 0 Å². The summed E-state index contributed by atoms with van der Waals surface area (Å²) in [5.74, 6) is -0.517. The van der Waals surface area contributed by atoms with Gasteiger partial charge in [-0.1, -0.05) is 39.0 Å². The molecule has 1 aliphatic heterocycles. The monoisotopic (exact) mass is 358 g/mol. The van der Waals surface area contributed by atoms with Crippen LogP contribution in [0.4, 0.5) is 13.2 Å². The molecule has 1 unspecified atom stereocenters. The molecule has 0 aromatic heterocycles. The number of hydrazone groups is 1. The number of hydrogen-bond donors (Lipinski definition) is 1. The lowest BCUT2D eigenvalue weighted by atomic mass is 10.0. The van der Waals surface area contributed by atoms with Crippen molar-refractivity contribution in [3.8, 4) is 5.75 Å². The van der Waals surface area contributed by atoms with E-state index in [9.17, 15) is 23.1 Å². The van der Waals surface area contributed by atoms with Gasteiger partial charge in [0.05, 0.1) is 0 Å². The largest absolute Gasteiger partial charge is 0.483 e. The number of aliphatic hydroxyl groups is 1. The van der Waals surface area contributed by atoms with Crippen LogP contribution in [-0.2, 0) is 4.79 Å².